The van der Waals surface area contributed by atoms with Crippen LogP contribution in [-0.2, 0) is 0 Å². The standard InChI is InChI=1S/C13H8BrNO5/c14-10-3-2-9(15(18)19)7-8(10)1-4-12-13(17)11(16)5-6-20-12/h1-7,17H. The van der Waals surface area contributed by atoms with E-state index in [2.05, 4.69) is 15.9 Å². The molecule has 1 heterocycles. The van der Waals surface area contributed by atoms with E-state index in [0.717, 1.165) is 12.3 Å². The molecule has 0 amide bonds. The monoisotopic (exact) mass is 337 g/mol. The molecule has 1 N–H and O–H groups in total. The average molecular weight is 338 g/mol. The van der Waals surface area contributed by atoms with Crippen LogP contribution in [0.25, 0.3) is 12.2 Å². The SMILES string of the molecule is O=c1ccoc(C=Cc2cc([N+](=O)[O-])ccc2Br)c1O. The van der Waals surface area contributed by atoms with E-state index in [1.165, 1.54) is 24.3 Å². The Hall–Kier alpha value is -2.41. The predicted molar refractivity (Wildman–Crippen MR) is 76.4 cm³/mol. The van der Waals surface area contributed by atoms with Gasteiger partial charge in [-0.05, 0) is 23.8 Å². The highest BCUT2D eigenvalue weighted by Crippen LogP contribution is 2.25. The van der Waals surface area contributed by atoms with Crippen LogP contribution in [-0.4, -0.2) is 10.0 Å². The van der Waals surface area contributed by atoms with Gasteiger partial charge in [-0.25, -0.2) is 0 Å². The quantitative estimate of drug-likeness (QED) is 0.685. The summed E-state index contributed by atoms with van der Waals surface area (Å²) in [5, 5.41) is 20.2. The number of benzene rings is 1. The Kier molecular flexibility index (Phi) is 3.99. The molecule has 0 spiro atoms. The molecule has 0 radical (unpaired) electrons. The average Bonchev–Trinajstić information content (AvgIpc) is 2.41. The summed E-state index contributed by atoms with van der Waals surface area (Å²) >= 11 is 3.26. The molecule has 2 rings (SSSR count). The van der Waals surface area contributed by atoms with E-state index in [1.807, 2.05) is 0 Å². The number of nitro benzene ring substituents is 1. The minimum Gasteiger partial charge on any atom is -0.502 e. The highest BCUT2D eigenvalue weighted by atomic mass is 79.9. The van der Waals surface area contributed by atoms with Crippen LogP contribution in [0.15, 0.2) is 44.2 Å². The molecule has 2 aromatic rings. The third-order valence-electron chi connectivity index (χ3n) is 2.49. The van der Waals surface area contributed by atoms with E-state index in [-0.39, 0.29) is 11.4 Å². The topological polar surface area (TPSA) is 93.6 Å². The van der Waals surface area contributed by atoms with E-state index in [0.29, 0.717) is 10.0 Å². The second kappa shape index (κ2) is 5.70. The molecular weight excluding hydrogens is 330 g/mol. The molecule has 0 fully saturated rings. The van der Waals surface area contributed by atoms with Gasteiger partial charge < -0.3 is 9.52 Å². The molecule has 1 aromatic carbocycles. The Morgan fingerprint density at radius 3 is 2.75 bits per heavy atom. The van der Waals surface area contributed by atoms with Crippen molar-refractivity contribution in [2.75, 3.05) is 0 Å². The van der Waals surface area contributed by atoms with Gasteiger partial charge in [-0.15, -0.1) is 0 Å². The summed E-state index contributed by atoms with van der Waals surface area (Å²) in [6.07, 6.45) is 4.01. The summed E-state index contributed by atoms with van der Waals surface area (Å²) in [6, 6.07) is 5.36. The largest absolute Gasteiger partial charge is 0.502 e. The first-order valence-electron chi connectivity index (χ1n) is 5.42. The maximum absolute atomic E-state index is 11.2. The smallest absolute Gasteiger partial charge is 0.270 e. The molecule has 20 heavy (non-hydrogen) atoms. The maximum Gasteiger partial charge on any atom is 0.270 e. The molecule has 0 bridgehead atoms. The number of nitrogens with zero attached hydrogens (tertiary/aromatic N) is 1. The lowest BCUT2D eigenvalue weighted by atomic mass is 10.2. The van der Waals surface area contributed by atoms with Crippen molar-refractivity contribution in [3.05, 3.63) is 66.7 Å². The Morgan fingerprint density at radius 2 is 2.05 bits per heavy atom. The van der Waals surface area contributed by atoms with Crippen LogP contribution in [0.5, 0.6) is 5.75 Å². The van der Waals surface area contributed by atoms with E-state index in [9.17, 15) is 20.0 Å². The molecule has 0 saturated heterocycles. The molecule has 0 saturated carbocycles. The summed E-state index contributed by atoms with van der Waals surface area (Å²) < 4.78 is 5.63. The Bertz CT molecular complexity index is 751. The Labute approximate surface area is 121 Å². The number of halogens is 1. The van der Waals surface area contributed by atoms with E-state index < -0.39 is 16.1 Å². The molecule has 0 aliphatic heterocycles. The normalized spacial score (nSPS) is 10.8. The van der Waals surface area contributed by atoms with Crippen molar-refractivity contribution in [3.8, 4) is 5.75 Å². The lowest BCUT2D eigenvalue weighted by Crippen LogP contribution is -1.97. The molecular formula is C13H8BrNO5. The molecule has 0 unspecified atom stereocenters. The van der Waals surface area contributed by atoms with Crippen LogP contribution >= 0.6 is 15.9 Å². The second-order valence-corrected chi connectivity index (χ2v) is 4.65. The number of aromatic hydroxyl groups is 1. The number of nitro groups is 1. The second-order valence-electron chi connectivity index (χ2n) is 3.79. The minimum absolute atomic E-state index is 0.0177. The van der Waals surface area contributed by atoms with Crippen LogP contribution in [0.1, 0.15) is 11.3 Å². The van der Waals surface area contributed by atoms with Gasteiger partial charge in [0.1, 0.15) is 0 Å². The molecule has 0 atom stereocenters. The molecule has 0 aliphatic rings. The zero-order chi connectivity index (χ0) is 14.7. The van der Waals surface area contributed by atoms with E-state index in [4.69, 9.17) is 4.42 Å². The van der Waals surface area contributed by atoms with Crippen LogP contribution in [0.2, 0.25) is 0 Å². The lowest BCUT2D eigenvalue weighted by Gasteiger charge is -1.99. The summed E-state index contributed by atoms with van der Waals surface area (Å²) in [4.78, 5) is 21.4. The fourth-order valence-electron chi connectivity index (χ4n) is 1.48. The van der Waals surface area contributed by atoms with E-state index >= 15 is 0 Å². The first kappa shape index (κ1) is 14.0. The molecule has 1 aromatic heterocycles. The highest BCUT2D eigenvalue weighted by molar-refractivity contribution is 9.10. The zero-order valence-corrected chi connectivity index (χ0v) is 11.5. The maximum atomic E-state index is 11.2. The van der Waals surface area contributed by atoms with Gasteiger partial charge >= 0.3 is 0 Å². The Balaban J connectivity index is 2.41. The fourth-order valence-corrected chi connectivity index (χ4v) is 1.86. The van der Waals surface area contributed by atoms with Gasteiger partial charge in [-0.1, -0.05) is 15.9 Å². The van der Waals surface area contributed by atoms with Gasteiger partial charge in [0.25, 0.3) is 5.69 Å². The van der Waals surface area contributed by atoms with Gasteiger partial charge in [-0.3, -0.25) is 14.9 Å². The molecule has 102 valence electrons. The number of hydrogen-bond acceptors (Lipinski definition) is 5. The molecule has 6 nitrogen and oxygen atoms in total. The minimum atomic E-state index is -0.561. The van der Waals surface area contributed by atoms with Crippen LogP contribution in [0, 0.1) is 10.1 Å². The fraction of sp³-hybridized carbons (Fsp3) is 0. The van der Waals surface area contributed by atoms with Crippen LogP contribution in [0.3, 0.4) is 0 Å². The number of rotatable bonds is 3. The summed E-state index contributed by atoms with van der Waals surface area (Å²) in [5.41, 5.74) is -0.106. The molecule has 0 aliphatic carbocycles. The van der Waals surface area contributed by atoms with Crippen molar-refractivity contribution in [3.63, 3.8) is 0 Å². The zero-order valence-electron chi connectivity index (χ0n) is 9.95. The summed E-state index contributed by atoms with van der Waals surface area (Å²) in [6.45, 7) is 0. The van der Waals surface area contributed by atoms with Crippen LogP contribution in [0.4, 0.5) is 5.69 Å². The number of hydrogen-bond donors (Lipinski definition) is 1. The van der Waals surface area contributed by atoms with Crippen molar-refractivity contribution in [2.45, 2.75) is 0 Å². The first-order chi connectivity index (χ1) is 9.49. The van der Waals surface area contributed by atoms with Gasteiger partial charge in [0, 0.05) is 22.7 Å². The van der Waals surface area contributed by atoms with Crippen molar-refractivity contribution in [1.82, 2.24) is 0 Å². The van der Waals surface area contributed by atoms with Crippen molar-refractivity contribution in [2.24, 2.45) is 0 Å². The van der Waals surface area contributed by atoms with Gasteiger partial charge in [0.2, 0.25) is 11.2 Å². The highest BCUT2D eigenvalue weighted by Gasteiger charge is 2.08. The third kappa shape index (κ3) is 2.94. The van der Waals surface area contributed by atoms with Crippen molar-refractivity contribution < 1.29 is 14.4 Å². The van der Waals surface area contributed by atoms with Gasteiger partial charge in [0.05, 0.1) is 11.2 Å². The van der Waals surface area contributed by atoms with Gasteiger partial charge in [-0.2, -0.15) is 0 Å². The van der Waals surface area contributed by atoms with Gasteiger partial charge in [0.15, 0.2) is 5.76 Å². The first-order valence-corrected chi connectivity index (χ1v) is 6.21. The predicted octanol–water partition coefficient (Wildman–Crippen LogP) is 3.19. The van der Waals surface area contributed by atoms with E-state index in [1.54, 1.807) is 6.07 Å². The third-order valence-corrected chi connectivity index (χ3v) is 3.21. The Morgan fingerprint density at radius 1 is 1.30 bits per heavy atom. The summed E-state index contributed by atoms with van der Waals surface area (Å²) in [5.74, 6) is -0.527. The summed E-state index contributed by atoms with van der Waals surface area (Å²) in [7, 11) is 0. The van der Waals surface area contributed by atoms with Crippen LogP contribution < -0.4 is 5.43 Å². The lowest BCUT2D eigenvalue weighted by molar-refractivity contribution is -0.384. The molecule has 7 heteroatoms. The van der Waals surface area contributed by atoms with Crippen molar-refractivity contribution >= 4 is 33.8 Å². The van der Waals surface area contributed by atoms with Crippen molar-refractivity contribution in [1.29, 1.82) is 0 Å². The number of non-ortho nitro benzene ring substituents is 1.